The number of anilines is 2. The predicted octanol–water partition coefficient (Wildman–Crippen LogP) is 3.62. The molecule has 1 unspecified atom stereocenters. The number of amides is 3. The number of benzene rings is 1. The molecule has 3 amide bonds. The van der Waals surface area contributed by atoms with Gasteiger partial charge in [-0.1, -0.05) is 11.6 Å². The summed E-state index contributed by atoms with van der Waals surface area (Å²) in [5, 5.41) is 8.95. The Balaban J connectivity index is 1.75. The van der Waals surface area contributed by atoms with Crippen LogP contribution in [-0.4, -0.2) is 72.9 Å². The average Bonchev–Trinajstić information content (AvgIpc) is 3.13. The number of carbonyl (C=O) groups excluding carboxylic acids is 2. The standard InChI is InChI=1S/C23H22ClF5N4O4/c1-12-5-13(23(27,28)29)6-17(30-12)33-16(7-32(21(33)36)8-22(9-34)10-37-11-22)20(35)31(2)15-4-3-14(25)18(24)19(15)26/h3-6,16,34H,7-11H2,1-2H3. The number of aliphatic hydroxyl groups excluding tert-OH is 1. The molecule has 37 heavy (non-hydrogen) atoms. The maximum absolute atomic E-state index is 14.7. The second-order valence-corrected chi connectivity index (χ2v) is 9.52. The molecule has 0 spiro atoms. The minimum Gasteiger partial charge on any atom is -0.396 e. The van der Waals surface area contributed by atoms with Crippen molar-refractivity contribution in [2.24, 2.45) is 5.41 Å². The first-order chi connectivity index (χ1) is 17.3. The van der Waals surface area contributed by atoms with Crippen molar-refractivity contribution in [1.82, 2.24) is 9.88 Å². The van der Waals surface area contributed by atoms with Crippen LogP contribution in [0.1, 0.15) is 11.3 Å². The highest BCUT2D eigenvalue weighted by atomic mass is 35.5. The molecule has 2 fully saturated rings. The Labute approximate surface area is 213 Å². The van der Waals surface area contributed by atoms with E-state index in [2.05, 4.69) is 4.98 Å². The Bertz CT molecular complexity index is 1230. The van der Waals surface area contributed by atoms with E-state index in [1.807, 2.05) is 0 Å². The van der Waals surface area contributed by atoms with Crippen molar-refractivity contribution in [3.8, 4) is 0 Å². The molecule has 200 valence electrons. The Kier molecular flexibility index (Phi) is 7.08. The van der Waals surface area contributed by atoms with Gasteiger partial charge >= 0.3 is 12.2 Å². The molecule has 2 saturated heterocycles. The number of ether oxygens (including phenoxy) is 1. The maximum atomic E-state index is 14.7. The van der Waals surface area contributed by atoms with Crippen LogP contribution in [0, 0.1) is 24.0 Å². The zero-order valence-corrected chi connectivity index (χ0v) is 20.4. The van der Waals surface area contributed by atoms with Crippen LogP contribution in [0.25, 0.3) is 0 Å². The fourth-order valence-corrected chi connectivity index (χ4v) is 4.48. The van der Waals surface area contributed by atoms with Gasteiger partial charge in [-0.2, -0.15) is 13.2 Å². The largest absolute Gasteiger partial charge is 0.416 e. The summed E-state index contributed by atoms with van der Waals surface area (Å²) in [4.78, 5) is 33.9. The molecule has 2 aliphatic heterocycles. The van der Waals surface area contributed by atoms with Crippen molar-refractivity contribution in [3.63, 3.8) is 0 Å². The fraction of sp³-hybridized carbons (Fsp3) is 0.435. The summed E-state index contributed by atoms with van der Waals surface area (Å²) >= 11 is 5.64. The van der Waals surface area contributed by atoms with Gasteiger partial charge in [-0.05, 0) is 31.2 Å². The van der Waals surface area contributed by atoms with Crippen LogP contribution in [0.2, 0.25) is 5.02 Å². The molecule has 1 atom stereocenters. The van der Waals surface area contributed by atoms with Crippen LogP contribution in [0.3, 0.4) is 0 Å². The van der Waals surface area contributed by atoms with Crippen LogP contribution in [0.4, 0.5) is 38.3 Å². The third-order valence-electron chi connectivity index (χ3n) is 6.37. The summed E-state index contributed by atoms with van der Waals surface area (Å²) < 4.78 is 74.0. The molecule has 0 aliphatic carbocycles. The van der Waals surface area contributed by atoms with Crippen LogP contribution >= 0.6 is 11.6 Å². The number of hydrogen-bond donors (Lipinski definition) is 1. The SMILES string of the molecule is Cc1cc(C(F)(F)F)cc(N2C(=O)N(CC3(CO)COC3)CC2C(=O)N(C)c2ccc(F)c(Cl)c2F)n1. The van der Waals surface area contributed by atoms with E-state index >= 15 is 0 Å². The Morgan fingerprint density at radius 1 is 1.30 bits per heavy atom. The first kappa shape index (κ1) is 27.0. The third-order valence-corrected chi connectivity index (χ3v) is 6.71. The molecular weight excluding hydrogens is 527 g/mol. The molecule has 14 heteroatoms. The molecule has 0 bridgehead atoms. The van der Waals surface area contributed by atoms with Gasteiger partial charge in [0.05, 0.1) is 43.0 Å². The second kappa shape index (κ2) is 9.69. The monoisotopic (exact) mass is 548 g/mol. The summed E-state index contributed by atoms with van der Waals surface area (Å²) in [5.41, 5.74) is -2.31. The number of carbonyl (C=O) groups is 2. The van der Waals surface area contributed by atoms with Gasteiger partial charge in [0.2, 0.25) is 0 Å². The highest BCUT2D eigenvalue weighted by Gasteiger charge is 2.49. The van der Waals surface area contributed by atoms with Gasteiger partial charge < -0.3 is 19.6 Å². The first-order valence-corrected chi connectivity index (χ1v) is 11.4. The number of aliphatic hydroxyl groups is 1. The van der Waals surface area contributed by atoms with Gasteiger partial charge in [-0.3, -0.25) is 9.69 Å². The van der Waals surface area contributed by atoms with Crippen molar-refractivity contribution in [3.05, 3.63) is 52.2 Å². The number of urea groups is 1. The minimum absolute atomic E-state index is 0.0407. The van der Waals surface area contributed by atoms with Crippen LogP contribution < -0.4 is 9.80 Å². The van der Waals surface area contributed by atoms with E-state index in [9.17, 15) is 36.6 Å². The summed E-state index contributed by atoms with van der Waals surface area (Å²) in [6.45, 7) is 0.939. The smallest absolute Gasteiger partial charge is 0.396 e. The third kappa shape index (κ3) is 4.94. The topological polar surface area (TPSA) is 86.2 Å². The zero-order chi connectivity index (χ0) is 27.3. The van der Waals surface area contributed by atoms with Gasteiger partial charge in [-0.25, -0.2) is 18.6 Å². The highest BCUT2D eigenvalue weighted by Crippen LogP contribution is 2.36. The number of halogens is 6. The molecule has 1 aromatic heterocycles. The van der Waals surface area contributed by atoms with Gasteiger partial charge in [0.25, 0.3) is 5.91 Å². The van der Waals surface area contributed by atoms with Gasteiger partial charge in [-0.15, -0.1) is 0 Å². The highest BCUT2D eigenvalue weighted by molar-refractivity contribution is 6.31. The van der Waals surface area contributed by atoms with Crippen molar-refractivity contribution >= 4 is 35.0 Å². The molecule has 2 aromatic rings. The number of nitrogens with zero attached hydrogens (tertiary/aromatic N) is 4. The average molecular weight is 549 g/mol. The summed E-state index contributed by atoms with van der Waals surface area (Å²) in [7, 11) is 1.17. The number of aryl methyl sites for hydroxylation is 1. The molecule has 0 radical (unpaired) electrons. The number of likely N-dealkylation sites (N-methyl/N-ethyl adjacent to an activating group) is 1. The second-order valence-electron chi connectivity index (χ2n) is 9.14. The van der Waals surface area contributed by atoms with E-state index in [0.717, 1.165) is 28.0 Å². The normalized spacial score (nSPS) is 19.3. The van der Waals surface area contributed by atoms with Gasteiger partial charge in [0.1, 0.15) is 22.7 Å². The molecule has 8 nitrogen and oxygen atoms in total. The Morgan fingerprint density at radius 3 is 2.54 bits per heavy atom. The summed E-state index contributed by atoms with van der Waals surface area (Å²) in [5.74, 6) is -3.57. The van der Waals surface area contributed by atoms with Crippen LogP contribution in [-0.2, 0) is 15.7 Å². The zero-order valence-electron chi connectivity index (χ0n) is 19.7. The molecule has 3 heterocycles. The maximum Gasteiger partial charge on any atom is 0.416 e. The van der Waals surface area contributed by atoms with E-state index in [-0.39, 0.29) is 38.6 Å². The summed E-state index contributed by atoms with van der Waals surface area (Å²) in [6, 6.07) is 1.04. The van der Waals surface area contributed by atoms with E-state index in [1.165, 1.54) is 18.9 Å². The lowest BCUT2D eigenvalue weighted by molar-refractivity contribution is -0.143. The quantitative estimate of drug-likeness (QED) is 0.440. The number of rotatable bonds is 6. The molecular formula is C23H22ClF5N4O4. The molecule has 1 N–H and O–H groups in total. The molecule has 0 saturated carbocycles. The van der Waals surface area contributed by atoms with E-state index in [1.54, 1.807) is 0 Å². The molecule has 1 aromatic carbocycles. The Morgan fingerprint density at radius 2 is 1.97 bits per heavy atom. The number of pyridine rings is 1. The minimum atomic E-state index is -4.75. The van der Waals surface area contributed by atoms with Crippen molar-refractivity contribution in [1.29, 1.82) is 0 Å². The lowest BCUT2D eigenvalue weighted by Crippen LogP contribution is -2.54. The lowest BCUT2D eigenvalue weighted by atomic mass is 9.86. The van der Waals surface area contributed by atoms with E-state index in [4.69, 9.17) is 16.3 Å². The van der Waals surface area contributed by atoms with Crippen molar-refractivity contribution < 1.29 is 41.4 Å². The van der Waals surface area contributed by atoms with Crippen LogP contribution in [0.15, 0.2) is 24.3 Å². The number of alkyl halides is 3. The van der Waals surface area contributed by atoms with Gasteiger partial charge in [0, 0.05) is 19.3 Å². The predicted molar refractivity (Wildman–Crippen MR) is 122 cm³/mol. The summed E-state index contributed by atoms with van der Waals surface area (Å²) in [6.07, 6.45) is -4.75. The van der Waals surface area contributed by atoms with E-state index in [0.29, 0.717) is 6.07 Å². The van der Waals surface area contributed by atoms with Gasteiger partial charge in [0.15, 0.2) is 5.82 Å². The molecule has 2 aliphatic rings. The van der Waals surface area contributed by atoms with Crippen LogP contribution in [0.5, 0.6) is 0 Å². The molecule has 4 rings (SSSR count). The van der Waals surface area contributed by atoms with Crippen molar-refractivity contribution in [2.45, 2.75) is 19.1 Å². The lowest BCUT2D eigenvalue weighted by Gasteiger charge is -2.42. The fourth-order valence-electron chi connectivity index (χ4n) is 4.32. The van der Waals surface area contributed by atoms with E-state index < -0.39 is 63.3 Å². The number of aromatic nitrogens is 1. The number of hydrogen-bond acceptors (Lipinski definition) is 5. The first-order valence-electron chi connectivity index (χ1n) is 11.0. The van der Waals surface area contributed by atoms with Crippen molar-refractivity contribution in [2.75, 3.05) is 49.8 Å². The Hall–Kier alpha value is -3.03.